The van der Waals surface area contributed by atoms with E-state index in [1.807, 2.05) is 0 Å². The Hall–Kier alpha value is -0.120. The van der Waals surface area contributed by atoms with Crippen LogP contribution in [0.3, 0.4) is 0 Å². The summed E-state index contributed by atoms with van der Waals surface area (Å²) < 4.78 is 11.0. The van der Waals surface area contributed by atoms with Gasteiger partial charge in [0, 0.05) is 12.3 Å². The molecule has 1 unspecified atom stereocenters. The Morgan fingerprint density at radius 1 is 1.36 bits per heavy atom. The fourth-order valence-electron chi connectivity index (χ4n) is 2.10. The van der Waals surface area contributed by atoms with Gasteiger partial charge in [-0.1, -0.05) is 0 Å². The van der Waals surface area contributed by atoms with Gasteiger partial charge >= 0.3 is 0 Å². The Labute approximate surface area is 66.3 Å². The molecule has 0 aromatic heterocycles. The number of aliphatic hydroxyl groups excluding tert-OH is 1. The third-order valence-electron chi connectivity index (χ3n) is 2.70. The van der Waals surface area contributed by atoms with Gasteiger partial charge in [-0.05, 0) is 12.8 Å². The molecular formula is C8H14O3. The Kier molecular flexibility index (Phi) is 1.87. The number of hydrogen-bond donors (Lipinski definition) is 1. The van der Waals surface area contributed by atoms with E-state index in [0.717, 1.165) is 19.3 Å². The molecule has 2 fully saturated rings. The highest BCUT2D eigenvalue weighted by atomic mass is 16.7. The maximum Gasteiger partial charge on any atom is 0.173 e. The molecule has 1 atom stereocenters. The van der Waals surface area contributed by atoms with Crippen LogP contribution in [0.25, 0.3) is 0 Å². The third kappa shape index (κ3) is 1.08. The zero-order valence-corrected chi connectivity index (χ0v) is 6.58. The van der Waals surface area contributed by atoms with Gasteiger partial charge in [-0.2, -0.15) is 0 Å². The Balaban J connectivity index is 2.09. The fourth-order valence-corrected chi connectivity index (χ4v) is 2.10. The Morgan fingerprint density at radius 2 is 2.09 bits per heavy atom. The van der Waals surface area contributed by atoms with Crippen molar-refractivity contribution >= 4 is 0 Å². The van der Waals surface area contributed by atoms with Crippen LogP contribution in [-0.2, 0) is 9.47 Å². The van der Waals surface area contributed by atoms with Crippen molar-refractivity contribution in [2.24, 2.45) is 5.92 Å². The highest BCUT2D eigenvalue weighted by molar-refractivity contribution is 4.88. The van der Waals surface area contributed by atoms with E-state index >= 15 is 0 Å². The summed E-state index contributed by atoms with van der Waals surface area (Å²) in [4.78, 5) is 0. The maximum atomic E-state index is 9.03. The lowest BCUT2D eigenvalue weighted by molar-refractivity contribution is -0.188. The van der Waals surface area contributed by atoms with Crippen LogP contribution in [0.4, 0.5) is 0 Å². The van der Waals surface area contributed by atoms with Crippen LogP contribution < -0.4 is 0 Å². The normalized spacial score (nSPS) is 35.2. The van der Waals surface area contributed by atoms with Crippen molar-refractivity contribution in [1.82, 2.24) is 0 Å². The van der Waals surface area contributed by atoms with Gasteiger partial charge in [0.05, 0.1) is 19.8 Å². The van der Waals surface area contributed by atoms with E-state index in [4.69, 9.17) is 14.6 Å². The first kappa shape index (κ1) is 7.53. The molecule has 2 rings (SSSR count). The van der Waals surface area contributed by atoms with E-state index in [1.165, 1.54) is 0 Å². The molecule has 0 radical (unpaired) electrons. The molecule has 1 saturated carbocycles. The summed E-state index contributed by atoms with van der Waals surface area (Å²) in [5, 5.41) is 9.03. The van der Waals surface area contributed by atoms with E-state index in [9.17, 15) is 0 Å². The molecule has 2 aliphatic rings. The Morgan fingerprint density at radius 3 is 2.73 bits per heavy atom. The van der Waals surface area contributed by atoms with Gasteiger partial charge in [-0.25, -0.2) is 0 Å². The molecule has 1 aliphatic carbocycles. The van der Waals surface area contributed by atoms with Crippen LogP contribution in [-0.4, -0.2) is 30.7 Å². The van der Waals surface area contributed by atoms with Gasteiger partial charge in [-0.3, -0.25) is 0 Å². The van der Waals surface area contributed by atoms with Gasteiger partial charge < -0.3 is 14.6 Å². The molecule has 11 heavy (non-hydrogen) atoms. The lowest BCUT2D eigenvalue weighted by Gasteiger charge is -2.27. The Bertz CT molecular complexity index is 135. The van der Waals surface area contributed by atoms with E-state index in [-0.39, 0.29) is 12.5 Å². The van der Waals surface area contributed by atoms with Crippen LogP contribution in [0.1, 0.15) is 19.3 Å². The molecule has 0 aromatic rings. The second kappa shape index (κ2) is 2.73. The molecule has 0 bridgehead atoms. The fraction of sp³-hybridized carbons (Fsp3) is 1.00. The average Bonchev–Trinajstić information content (AvgIpc) is 2.62. The molecule has 1 aliphatic heterocycles. The lowest BCUT2D eigenvalue weighted by atomic mass is 10.0. The van der Waals surface area contributed by atoms with Gasteiger partial charge in [0.2, 0.25) is 0 Å². The summed E-state index contributed by atoms with van der Waals surface area (Å²) in [5.41, 5.74) is 0. The van der Waals surface area contributed by atoms with E-state index in [2.05, 4.69) is 0 Å². The molecule has 0 amide bonds. The second-order valence-electron chi connectivity index (χ2n) is 3.28. The summed E-state index contributed by atoms with van der Waals surface area (Å²) in [6.45, 7) is 1.58. The van der Waals surface area contributed by atoms with Crippen molar-refractivity contribution in [2.45, 2.75) is 25.0 Å². The van der Waals surface area contributed by atoms with Crippen molar-refractivity contribution in [3.63, 3.8) is 0 Å². The summed E-state index contributed by atoms with van der Waals surface area (Å²) in [6, 6.07) is 0. The minimum Gasteiger partial charge on any atom is -0.396 e. The van der Waals surface area contributed by atoms with Gasteiger partial charge in [0.1, 0.15) is 0 Å². The minimum absolute atomic E-state index is 0.194. The first-order valence-corrected chi connectivity index (χ1v) is 4.26. The first-order valence-electron chi connectivity index (χ1n) is 4.26. The predicted molar refractivity (Wildman–Crippen MR) is 39.1 cm³/mol. The molecule has 1 N–H and O–H groups in total. The maximum absolute atomic E-state index is 9.03. The van der Waals surface area contributed by atoms with E-state index in [1.54, 1.807) is 0 Å². The zero-order chi connectivity index (χ0) is 7.73. The van der Waals surface area contributed by atoms with E-state index < -0.39 is 5.79 Å². The van der Waals surface area contributed by atoms with Crippen LogP contribution in [0, 0.1) is 5.92 Å². The van der Waals surface area contributed by atoms with Crippen LogP contribution in [0.2, 0.25) is 0 Å². The molecular weight excluding hydrogens is 144 g/mol. The molecule has 3 heteroatoms. The predicted octanol–water partition coefficient (Wildman–Crippen LogP) is 0.522. The summed E-state index contributed by atoms with van der Waals surface area (Å²) in [5.74, 6) is -0.181. The topological polar surface area (TPSA) is 38.7 Å². The van der Waals surface area contributed by atoms with Crippen molar-refractivity contribution < 1.29 is 14.6 Å². The molecule has 0 aromatic carbocycles. The van der Waals surface area contributed by atoms with E-state index in [0.29, 0.717) is 13.2 Å². The quantitative estimate of drug-likeness (QED) is 0.604. The monoisotopic (exact) mass is 158 g/mol. The van der Waals surface area contributed by atoms with Crippen molar-refractivity contribution in [3.8, 4) is 0 Å². The second-order valence-corrected chi connectivity index (χ2v) is 3.28. The number of hydrogen-bond acceptors (Lipinski definition) is 3. The average molecular weight is 158 g/mol. The van der Waals surface area contributed by atoms with Crippen LogP contribution in [0.15, 0.2) is 0 Å². The standard InChI is InChI=1S/C8H14O3/c9-6-7-2-1-3-8(7)10-4-5-11-8/h7,9H,1-6H2. The van der Waals surface area contributed by atoms with Gasteiger partial charge in [-0.15, -0.1) is 0 Å². The zero-order valence-electron chi connectivity index (χ0n) is 6.58. The molecule has 64 valence electrons. The first-order chi connectivity index (χ1) is 5.37. The highest BCUT2D eigenvalue weighted by Crippen LogP contribution is 2.41. The summed E-state index contributed by atoms with van der Waals surface area (Å²) in [7, 11) is 0. The number of aliphatic hydroxyl groups is 1. The number of ether oxygens (including phenoxy) is 2. The molecule has 1 saturated heterocycles. The molecule has 1 spiro atoms. The lowest BCUT2D eigenvalue weighted by Crippen LogP contribution is -2.36. The van der Waals surface area contributed by atoms with Crippen molar-refractivity contribution in [2.75, 3.05) is 19.8 Å². The minimum atomic E-state index is -0.394. The summed E-state index contributed by atoms with van der Waals surface area (Å²) in [6.07, 6.45) is 3.11. The number of rotatable bonds is 1. The largest absolute Gasteiger partial charge is 0.396 e. The SMILES string of the molecule is OCC1CCCC12OCCO2. The van der Waals surface area contributed by atoms with Crippen molar-refractivity contribution in [3.05, 3.63) is 0 Å². The van der Waals surface area contributed by atoms with Crippen LogP contribution >= 0.6 is 0 Å². The highest BCUT2D eigenvalue weighted by Gasteiger charge is 2.47. The van der Waals surface area contributed by atoms with Crippen LogP contribution in [0.5, 0.6) is 0 Å². The van der Waals surface area contributed by atoms with Gasteiger partial charge in [0.25, 0.3) is 0 Å². The third-order valence-corrected chi connectivity index (χ3v) is 2.70. The smallest absolute Gasteiger partial charge is 0.173 e. The summed E-state index contributed by atoms with van der Waals surface area (Å²) >= 11 is 0. The molecule has 3 nitrogen and oxygen atoms in total. The van der Waals surface area contributed by atoms with Crippen molar-refractivity contribution in [1.29, 1.82) is 0 Å². The molecule has 1 heterocycles. The van der Waals surface area contributed by atoms with Gasteiger partial charge in [0.15, 0.2) is 5.79 Å².